The molecule has 0 bridgehead atoms. The minimum atomic E-state index is -4.76. The second-order valence-electron chi connectivity index (χ2n) is 3.43. The Labute approximate surface area is 89.6 Å². The first-order valence-electron chi connectivity index (χ1n) is 4.52. The molecule has 0 saturated carbocycles. The van der Waals surface area contributed by atoms with Crippen LogP contribution in [0.4, 0.5) is 26.3 Å². The molecule has 0 saturated heterocycles. The van der Waals surface area contributed by atoms with Gasteiger partial charge in [0.05, 0.1) is 5.57 Å². The third-order valence-electron chi connectivity index (χ3n) is 1.91. The number of alkyl halides is 6. The second-order valence-corrected chi connectivity index (χ2v) is 3.43. The average molecular weight is 246 g/mol. The van der Waals surface area contributed by atoms with E-state index in [2.05, 4.69) is 0 Å². The summed E-state index contributed by atoms with van der Waals surface area (Å²) in [7, 11) is 0. The van der Waals surface area contributed by atoms with Gasteiger partial charge in [-0.25, -0.2) is 0 Å². The maximum absolute atomic E-state index is 12.4. The molecule has 0 radical (unpaired) electrons. The van der Waals surface area contributed by atoms with Gasteiger partial charge in [-0.3, -0.25) is 0 Å². The molecule has 0 nitrogen and oxygen atoms in total. The van der Waals surface area contributed by atoms with E-state index in [-0.39, 0.29) is 11.6 Å². The molecule has 0 aromatic carbocycles. The number of hydrogen-bond acceptors (Lipinski definition) is 0. The van der Waals surface area contributed by atoms with Crippen molar-refractivity contribution >= 4 is 0 Å². The normalized spacial score (nSPS) is 13.9. The fourth-order valence-corrected chi connectivity index (χ4v) is 1.07. The van der Waals surface area contributed by atoms with E-state index < -0.39 is 29.9 Å². The molecule has 0 aliphatic rings. The maximum atomic E-state index is 12.4. The molecule has 0 aliphatic heterocycles. The van der Waals surface area contributed by atoms with Crippen molar-refractivity contribution in [2.45, 2.75) is 39.5 Å². The van der Waals surface area contributed by atoms with Crippen LogP contribution in [0.15, 0.2) is 22.8 Å². The zero-order chi connectivity index (χ0) is 13.1. The van der Waals surface area contributed by atoms with E-state index in [0.717, 1.165) is 20.8 Å². The van der Waals surface area contributed by atoms with Gasteiger partial charge in [0.25, 0.3) is 0 Å². The van der Waals surface area contributed by atoms with Gasteiger partial charge in [0, 0.05) is 5.57 Å². The first-order valence-corrected chi connectivity index (χ1v) is 4.52. The lowest BCUT2D eigenvalue weighted by Gasteiger charge is -2.14. The summed E-state index contributed by atoms with van der Waals surface area (Å²) >= 11 is 0. The maximum Gasteiger partial charge on any atom is 0.416 e. The van der Waals surface area contributed by atoms with Crippen LogP contribution in [0.25, 0.3) is 0 Å². The Bertz CT molecular complexity index is 298. The summed E-state index contributed by atoms with van der Waals surface area (Å²) in [5.41, 5.74) is -2.61. The van der Waals surface area contributed by atoms with Crippen molar-refractivity contribution in [3.05, 3.63) is 22.8 Å². The van der Waals surface area contributed by atoms with Gasteiger partial charge in [-0.2, -0.15) is 26.3 Å². The lowest BCUT2D eigenvalue weighted by molar-refractivity contribution is -0.0972. The molecule has 0 atom stereocenters. The smallest absolute Gasteiger partial charge is 0.166 e. The number of halogens is 6. The molecule has 0 aromatic heterocycles. The van der Waals surface area contributed by atoms with Crippen LogP contribution in [0.2, 0.25) is 0 Å². The molecular weight excluding hydrogens is 234 g/mol. The first kappa shape index (κ1) is 15.1. The molecule has 0 N–H and O–H groups in total. The first-order chi connectivity index (χ1) is 7.00. The third-order valence-corrected chi connectivity index (χ3v) is 1.91. The van der Waals surface area contributed by atoms with E-state index in [1.165, 1.54) is 0 Å². The molecule has 6 heteroatoms. The summed E-state index contributed by atoms with van der Waals surface area (Å²) in [6.45, 7) is 3.42. The Hall–Kier alpha value is -0.940. The minimum Gasteiger partial charge on any atom is -0.166 e. The van der Waals surface area contributed by atoms with Crippen LogP contribution in [0.1, 0.15) is 27.2 Å². The molecule has 0 aliphatic carbocycles. The minimum absolute atomic E-state index is 0.176. The predicted molar refractivity (Wildman–Crippen MR) is 48.9 cm³/mol. The summed E-state index contributed by atoms with van der Waals surface area (Å²) in [5.74, 6) is 0. The number of hydrogen-bond donors (Lipinski definition) is 0. The summed E-state index contributed by atoms with van der Waals surface area (Å²) in [6.07, 6.45) is -9.79. The number of allylic oxidation sites excluding steroid dienone is 4. The van der Waals surface area contributed by atoms with Gasteiger partial charge in [0.2, 0.25) is 0 Å². The summed E-state index contributed by atoms with van der Waals surface area (Å²) in [5, 5.41) is 0. The van der Waals surface area contributed by atoms with Crippen molar-refractivity contribution in [1.82, 2.24) is 0 Å². The van der Waals surface area contributed by atoms with Crippen molar-refractivity contribution in [3.63, 3.8) is 0 Å². The molecule has 0 spiro atoms. The summed E-state index contributed by atoms with van der Waals surface area (Å²) < 4.78 is 74.0. The lowest BCUT2D eigenvalue weighted by atomic mass is 10.0. The van der Waals surface area contributed by atoms with E-state index >= 15 is 0 Å². The van der Waals surface area contributed by atoms with Crippen molar-refractivity contribution in [1.29, 1.82) is 0 Å². The zero-order valence-electron chi connectivity index (χ0n) is 9.05. The predicted octanol–water partition coefficient (Wildman–Crippen LogP) is 4.78. The number of rotatable bonds is 2. The van der Waals surface area contributed by atoms with Crippen molar-refractivity contribution in [2.24, 2.45) is 0 Å². The zero-order valence-corrected chi connectivity index (χ0v) is 9.05. The van der Waals surface area contributed by atoms with Crippen LogP contribution in [0, 0.1) is 0 Å². The molecule has 0 unspecified atom stereocenters. The van der Waals surface area contributed by atoms with Gasteiger partial charge in [0.15, 0.2) is 0 Å². The van der Waals surface area contributed by atoms with Crippen molar-refractivity contribution < 1.29 is 26.3 Å². The van der Waals surface area contributed by atoms with Crippen LogP contribution in [-0.4, -0.2) is 12.4 Å². The van der Waals surface area contributed by atoms with Gasteiger partial charge in [-0.15, -0.1) is 0 Å². The second kappa shape index (κ2) is 4.93. The van der Waals surface area contributed by atoms with E-state index in [9.17, 15) is 26.3 Å². The molecule has 0 heterocycles. The Morgan fingerprint density at radius 2 is 1.38 bits per heavy atom. The molecular formula is C10H12F6. The van der Waals surface area contributed by atoms with Gasteiger partial charge >= 0.3 is 12.4 Å². The van der Waals surface area contributed by atoms with E-state index in [4.69, 9.17) is 0 Å². The molecule has 0 amide bonds. The Balaban J connectivity index is 5.48. The highest BCUT2D eigenvalue weighted by molar-refractivity contribution is 5.32. The highest BCUT2D eigenvalue weighted by atomic mass is 19.4. The van der Waals surface area contributed by atoms with Crippen LogP contribution in [0.3, 0.4) is 0 Å². The average Bonchev–Trinajstić information content (AvgIpc) is 1.99. The van der Waals surface area contributed by atoms with Crippen LogP contribution in [0.5, 0.6) is 0 Å². The fourth-order valence-electron chi connectivity index (χ4n) is 1.07. The van der Waals surface area contributed by atoms with Crippen LogP contribution >= 0.6 is 0 Å². The van der Waals surface area contributed by atoms with Gasteiger partial charge in [-0.05, 0) is 26.3 Å². The Morgan fingerprint density at radius 1 is 0.938 bits per heavy atom. The van der Waals surface area contributed by atoms with E-state index in [1.807, 2.05) is 0 Å². The summed E-state index contributed by atoms with van der Waals surface area (Å²) in [6, 6.07) is 0. The molecule has 0 aromatic rings. The fraction of sp³-hybridized carbons (Fsp3) is 0.600. The standard InChI is InChI=1S/C10H12F6/c1-4-7(9(11,12)13)5-8(6(2)3)10(14,15)16/h5H,4H2,1-3H3/b7-5+. The van der Waals surface area contributed by atoms with E-state index in [0.29, 0.717) is 0 Å². The molecule has 0 fully saturated rings. The monoisotopic (exact) mass is 246 g/mol. The van der Waals surface area contributed by atoms with Gasteiger partial charge in [-0.1, -0.05) is 12.5 Å². The van der Waals surface area contributed by atoms with Crippen LogP contribution in [-0.2, 0) is 0 Å². The topological polar surface area (TPSA) is 0 Å². The Morgan fingerprint density at radius 3 is 1.56 bits per heavy atom. The largest absolute Gasteiger partial charge is 0.416 e. The van der Waals surface area contributed by atoms with Crippen molar-refractivity contribution in [3.8, 4) is 0 Å². The SMILES string of the molecule is CC/C(=C\C(=C(C)C)C(F)(F)F)C(F)(F)F. The molecule has 0 rings (SSSR count). The third kappa shape index (κ3) is 4.28. The summed E-state index contributed by atoms with van der Waals surface area (Å²) in [4.78, 5) is 0. The quantitative estimate of drug-likeness (QED) is 0.485. The highest BCUT2D eigenvalue weighted by Gasteiger charge is 2.37. The molecule has 16 heavy (non-hydrogen) atoms. The van der Waals surface area contributed by atoms with E-state index in [1.54, 1.807) is 0 Å². The van der Waals surface area contributed by atoms with Gasteiger partial charge < -0.3 is 0 Å². The lowest BCUT2D eigenvalue weighted by Crippen LogP contribution is -2.16. The van der Waals surface area contributed by atoms with Gasteiger partial charge in [0.1, 0.15) is 0 Å². The Kier molecular flexibility index (Phi) is 4.64. The highest BCUT2D eigenvalue weighted by Crippen LogP contribution is 2.35. The van der Waals surface area contributed by atoms with Crippen LogP contribution < -0.4 is 0 Å². The van der Waals surface area contributed by atoms with Crippen molar-refractivity contribution in [2.75, 3.05) is 0 Å². The molecule has 94 valence electrons.